The van der Waals surface area contributed by atoms with Gasteiger partial charge in [0.25, 0.3) is 0 Å². The summed E-state index contributed by atoms with van der Waals surface area (Å²) in [5, 5.41) is 11.5. The van der Waals surface area contributed by atoms with Crippen LogP contribution in [0.1, 0.15) is 32.0 Å². The van der Waals surface area contributed by atoms with Crippen LogP contribution in [0, 0.1) is 0 Å². The second kappa shape index (κ2) is 4.55. The van der Waals surface area contributed by atoms with Crippen molar-refractivity contribution in [3.63, 3.8) is 0 Å². The first-order chi connectivity index (χ1) is 6.90. The normalized spacial score (nSPS) is 16.1. The van der Waals surface area contributed by atoms with Gasteiger partial charge in [0.1, 0.15) is 12.2 Å². The number of rotatable bonds is 6. The van der Waals surface area contributed by atoms with Gasteiger partial charge in [-0.3, -0.25) is 0 Å². The third kappa shape index (κ3) is 2.54. The molecule has 0 spiro atoms. The van der Waals surface area contributed by atoms with Crippen LogP contribution < -0.4 is 5.32 Å². The summed E-state index contributed by atoms with van der Waals surface area (Å²) in [5.41, 5.74) is 0. The molecule has 4 heteroatoms. The van der Waals surface area contributed by atoms with E-state index in [1.807, 2.05) is 6.33 Å². The van der Waals surface area contributed by atoms with Crippen molar-refractivity contribution >= 4 is 0 Å². The van der Waals surface area contributed by atoms with Gasteiger partial charge in [-0.15, -0.1) is 10.2 Å². The highest BCUT2D eigenvalue weighted by molar-refractivity contribution is 4.88. The van der Waals surface area contributed by atoms with E-state index in [1.54, 1.807) is 0 Å². The molecule has 78 valence electrons. The van der Waals surface area contributed by atoms with Gasteiger partial charge in [0.05, 0.1) is 0 Å². The Balaban J connectivity index is 1.78. The molecule has 1 N–H and O–H groups in total. The maximum Gasteiger partial charge on any atom is 0.134 e. The first kappa shape index (κ1) is 9.65. The minimum Gasteiger partial charge on any atom is -0.318 e. The summed E-state index contributed by atoms with van der Waals surface area (Å²) in [7, 11) is 0. The molecule has 1 aromatic rings. The van der Waals surface area contributed by atoms with Gasteiger partial charge in [0, 0.05) is 25.6 Å². The highest BCUT2D eigenvalue weighted by atomic mass is 15.3. The molecule has 0 amide bonds. The van der Waals surface area contributed by atoms with Crippen molar-refractivity contribution in [2.75, 3.05) is 6.54 Å². The second-order valence-electron chi connectivity index (χ2n) is 3.92. The van der Waals surface area contributed by atoms with Gasteiger partial charge in [0.15, 0.2) is 0 Å². The molecule has 0 unspecified atom stereocenters. The van der Waals surface area contributed by atoms with Crippen molar-refractivity contribution in [1.82, 2.24) is 20.1 Å². The first-order valence-electron chi connectivity index (χ1n) is 5.50. The lowest BCUT2D eigenvalue weighted by molar-refractivity contribution is 0.605. The van der Waals surface area contributed by atoms with E-state index in [2.05, 4.69) is 27.0 Å². The summed E-state index contributed by atoms with van der Waals surface area (Å²) in [6, 6.07) is 0.789. The number of hydrogen-bond acceptors (Lipinski definition) is 3. The average molecular weight is 194 g/mol. The minimum atomic E-state index is 0.789. The summed E-state index contributed by atoms with van der Waals surface area (Å²) in [4.78, 5) is 0. The molecule has 0 aliphatic heterocycles. The van der Waals surface area contributed by atoms with Crippen LogP contribution in [0.4, 0.5) is 0 Å². The Morgan fingerprint density at radius 2 is 2.43 bits per heavy atom. The predicted molar refractivity (Wildman–Crippen MR) is 55.0 cm³/mol. The second-order valence-corrected chi connectivity index (χ2v) is 3.92. The summed E-state index contributed by atoms with van der Waals surface area (Å²) >= 11 is 0. The van der Waals surface area contributed by atoms with Crippen LogP contribution >= 0.6 is 0 Å². The molecule has 0 aromatic carbocycles. The molecule has 14 heavy (non-hydrogen) atoms. The highest BCUT2D eigenvalue weighted by Gasteiger charge is 2.19. The van der Waals surface area contributed by atoms with Crippen molar-refractivity contribution in [2.45, 2.75) is 45.2 Å². The standard InChI is InChI=1S/C10H18N4/c1-2-7-14-8-12-13-10(14)5-6-11-9-3-4-9/h8-9,11H,2-7H2,1H3. The third-order valence-electron chi connectivity index (χ3n) is 2.52. The zero-order valence-corrected chi connectivity index (χ0v) is 8.74. The molecule has 1 fully saturated rings. The van der Waals surface area contributed by atoms with Gasteiger partial charge in [0.2, 0.25) is 0 Å². The molecule has 1 aliphatic rings. The van der Waals surface area contributed by atoms with Crippen LogP contribution in [0.15, 0.2) is 6.33 Å². The van der Waals surface area contributed by atoms with Crippen molar-refractivity contribution in [3.05, 3.63) is 12.2 Å². The largest absolute Gasteiger partial charge is 0.318 e. The Morgan fingerprint density at radius 1 is 1.57 bits per heavy atom. The Bertz CT molecular complexity index is 277. The Hall–Kier alpha value is -0.900. The molecule has 1 aliphatic carbocycles. The molecule has 1 aromatic heterocycles. The van der Waals surface area contributed by atoms with E-state index in [1.165, 1.54) is 12.8 Å². The maximum atomic E-state index is 4.13. The van der Waals surface area contributed by atoms with Crippen molar-refractivity contribution < 1.29 is 0 Å². The van der Waals surface area contributed by atoms with Crippen LogP contribution in [-0.2, 0) is 13.0 Å². The predicted octanol–water partition coefficient (Wildman–Crippen LogP) is 0.983. The lowest BCUT2D eigenvalue weighted by atomic mass is 10.3. The number of nitrogens with one attached hydrogen (secondary N) is 1. The van der Waals surface area contributed by atoms with Crippen LogP contribution in [0.3, 0.4) is 0 Å². The van der Waals surface area contributed by atoms with E-state index in [4.69, 9.17) is 0 Å². The van der Waals surface area contributed by atoms with Gasteiger partial charge in [-0.05, 0) is 19.3 Å². The molecule has 0 radical (unpaired) electrons. The van der Waals surface area contributed by atoms with Crippen LogP contribution in [0.25, 0.3) is 0 Å². The molecule has 1 heterocycles. The fourth-order valence-electron chi connectivity index (χ4n) is 1.58. The Kier molecular flexibility index (Phi) is 3.14. The topological polar surface area (TPSA) is 42.7 Å². The third-order valence-corrected chi connectivity index (χ3v) is 2.52. The van der Waals surface area contributed by atoms with Crippen molar-refractivity contribution in [3.8, 4) is 0 Å². The van der Waals surface area contributed by atoms with Crippen LogP contribution in [0.5, 0.6) is 0 Å². The molecule has 2 rings (SSSR count). The van der Waals surface area contributed by atoms with Gasteiger partial charge in [-0.2, -0.15) is 0 Å². The number of nitrogens with zero attached hydrogens (tertiary/aromatic N) is 3. The first-order valence-corrected chi connectivity index (χ1v) is 5.50. The van der Waals surface area contributed by atoms with Crippen LogP contribution in [-0.4, -0.2) is 27.4 Å². The smallest absolute Gasteiger partial charge is 0.134 e. The number of aromatic nitrogens is 3. The fourth-order valence-corrected chi connectivity index (χ4v) is 1.58. The lowest BCUT2D eigenvalue weighted by Gasteiger charge is -2.04. The van der Waals surface area contributed by atoms with Gasteiger partial charge in [-0.25, -0.2) is 0 Å². The van der Waals surface area contributed by atoms with Crippen LogP contribution in [0.2, 0.25) is 0 Å². The molecule has 0 saturated heterocycles. The van der Waals surface area contributed by atoms with E-state index >= 15 is 0 Å². The van der Waals surface area contributed by atoms with E-state index in [9.17, 15) is 0 Å². The Morgan fingerprint density at radius 3 is 3.14 bits per heavy atom. The van der Waals surface area contributed by atoms with E-state index in [0.29, 0.717) is 0 Å². The summed E-state index contributed by atoms with van der Waals surface area (Å²) < 4.78 is 2.15. The SMILES string of the molecule is CCCn1cnnc1CCNC1CC1. The van der Waals surface area contributed by atoms with Crippen molar-refractivity contribution in [2.24, 2.45) is 0 Å². The monoisotopic (exact) mass is 194 g/mol. The summed E-state index contributed by atoms with van der Waals surface area (Å²) in [6.45, 7) is 4.24. The molecular weight excluding hydrogens is 176 g/mol. The average Bonchev–Trinajstić information content (AvgIpc) is 2.89. The molecular formula is C10H18N4. The summed E-state index contributed by atoms with van der Waals surface area (Å²) in [6.07, 6.45) is 6.66. The molecule has 1 saturated carbocycles. The molecule has 0 atom stereocenters. The fraction of sp³-hybridized carbons (Fsp3) is 0.800. The van der Waals surface area contributed by atoms with E-state index in [-0.39, 0.29) is 0 Å². The number of hydrogen-bond donors (Lipinski definition) is 1. The minimum absolute atomic E-state index is 0.789. The van der Waals surface area contributed by atoms with Gasteiger partial charge in [-0.1, -0.05) is 6.92 Å². The van der Waals surface area contributed by atoms with Gasteiger partial charge >= 0.3 is 0 Å². The van der Waals surface area contributed by atoms with E-state index in [0.717, 1.165) is 37.8 Å². The van der Waals surface area contributed by atoms with Gasteiger partial charge < -0.3 is 9.88 Å². The quantitative estimate of drug-likeness (QED) is 0.734. The van der Waals surface area contributed by atoms with E-state index < -0.39 is 0 Å². The zero-order chi connectivity index (χ0) is 9.80. The van der Waals surface area contributed by atoms with Crippen molar-refractivity contribution in [1.29, 1.82) is 0 Å². The highest BCUT2D eigenvalue weighted by Crippen LogP contribution is 2.18. The molecule has 4 nitrogen and oxygen atoms in total. The maximum absolute atomic E-state index is 4.13. The number of aryl methyl sites for hydroxylation is 1. The summed E-state index contributed by atoms with van der Waals surface area (Å²) in [5.74, 6) is 1.11. The molecule has 0 bridgehead atoms. The lowest BCUT2D eigenvalue weighted by Crippen LogP contribution is -2.20. The zero-order valence-electron chi connectivity index (χ0n) is 8.74. The Labute approximate surface area is 84.7 Å².